The number of carbonyl (C=O) groups excluding carboxylic acids is 1. The molecule has 1 amide bonds. The summed E-state index contributed by atoms with van der Waals surface area (Å²) < 4.78 is 5.35. The lowest BCUT2D eigenvalue weighted by Crippen LogP contribution is -2.20. The first-order chi connectivity index (χ1) is 9.31. The minimum Gasteiger partial charge on any atom is -0.484 e. The molecule has 0 bridgehead atoms. The molecule has 1 aliphatic rings. The number of ether oxygens (including phenoxy) is 1. The molecule has 2 aromatic rings. The molecule has 1 aromatic heterocycles. The highest BCUT2D eigenvalue weighted by Crippen LogP contribution is 2.41. The molecule has 0 aliphatic heterocycles. The van der Waals surface area contributed by atoms with Crippen molar-refractivity contribution in [2.75, 3.05) is 11.9 Å². The summed E-state index contributed by atoms with van der Waals surface area (Å²) >= 11 is 1.44. The molecule has 1 N–H and O–H groups in total. The van der Waals surface area contributed by atoms with E-state index in [0.29, 0.717) is 16.8 Å². The van der Waals surface area contributed by atoms with Crippen molar-refractivity contribution in [3.63, 3.8) is 0 Å². The molecule has 0 radical (unpaired) electrons. The number of rotatable bonds is 5. The van der Waals surface area contributed by atoms with Gasteiger partial charge in [-0.15, -0.1) is 10.2 Å². The zero-order valence-electron chi connectivity index (χ0n) is 10.2. The molecule has 5 nitrogen and oxygen atoms in total. The number of hydrogen-bond donors (Lipinski definition) is 1. The lowest BCUT2D eigenvalue weighted by molar-refractivity contribution is -0.118. The molecule has 0 atom stereocenters. The summed E-state index contributed by atoms with van der Waals surface area (Å²) in [5.74, 6) is 1.01. The molecular weight excluding hydrogens is 262 g/mol. The fraction of sp³-hybridized carbons (Fsp3) is 0.308. The van der Waals surface area contributed by atoms with E-state index < -0.39 is 0 Å². The Morgan fingerprint density at radius 1 is 1.32 bits per heavy atom. The van der Waals surface area contributed by atoms with Gasteiger partial charge in [-0.25, -0.2) is 0 Å². The Morgan fingerprint density at radius 2 is 2.11 bits per heavy atom. The van der Waals surface area contributed by atoms with Gasteiger partial charge in [-0.05, 0) is 25.0 Å². The zero-order chi connectivity index (χ0) is 13.1. The second-order valence-electron chi connectivity index (χ2n) is 4.37. The van der Waals surface area contributed by atoms with Gasteiger partial charge in [-0.2, -0.15) is 0 Å². The summed E-state index contributed by atoms with van der Waals surface area (Å²) in [4.78, 5) is 11.7. The van der Waals surface area contributed by atoms with Gasteiger partial charge in [0.2, 0.25) is 5.13 Å². The standard InChI is InChI=1S/C13H13N3O2S/c17-11(8-18-10-4-2-1-3-5-10)14-13-16-15-12(19-13)9-6-7-9/h1-5,9H,6-8H2,(H,14,16,17). The number of nitrogens with zero attached hydrogens (tertiary/aromatic N) is 2. The number of anilines is 1. The second kappa shape index (κ2) is 5.36. The van der Waals surface area contributed by atoms with E-state index >= 15 is 0 Å². The summed E-state index contributed by atoms with van der Waals surface area (Å²) in [5, 5.41) is 12.3. The van der Waals surface area contributed by atoms with Gasteiger partial charge in [-0.1, -0.05) is 29.5 Å². The zero-order valence-corrected chi connectivity index (χ0v) is 11.0. The van der Waals surface area contributed by atoms with Crippen LogP contribution in [0.15, 0.2) is 30.3 Å². The third-order valence-electron chi connectivity index (χ3n) is 2.73. The monoisotopic (exact) mass is 275 g/mol. The van der Waals surface area contributed by atoms with E-state index in [1.54, 1.807) is 0 Å². The van der Waals surface area contributed by atoms with E-state index in [1.807, 2.05) is 30.3 Å². The van der Waals surface area contributed by atoms with Crippen LogP contribution in [-0.2, 0) is 4.79 Å². The van der Waals surface area contributed by atoms with Crippen molar-refractivity contribution in [2.24, 2.45) is 0 Å². The van der Waals surface area contributed by atoms with Crippen LogP contribution < -0.4 is 10.1 Å². The topological polar surface area (TPSA) is 64.1 Å². The molecule has 1 saturated carbocycles. The molecule has 19 heavy (non-hydrogen) atoms. The van der Waals surface area contributed by atoms with E-state index in [0.717, 1.165) is 5.01 Å². The average molecular weight is 275 g/mol. The van der Waals surface area contributed by atoms with E-state index in [-0.39, 0.29) is 12.5 Å². The Morgan fingerprint density at radius 3 is 2.84 bits per heavy atom. The van der Waals surface area contributed by atoms with E-state index in [4.69, 9.17) is 4.74 Å². The van der Waals surface area contributed by atoms with Crippen molar-refractivity contribution in [3.05, 3.63) is 35.3 Å². The first kappa shape index (κ1) is 12.1. The van der Waals surface area contributed by atoms with Crippen LogP contribution in [0.25, 0.3) is 0 Å². The van der Waals surface area contributed by atoms with Crippen LogP contribution in [0.4, 0.5) is 5.13 Å². The fourth-order valence-corrected chi connectivity index (χ4v) is 2.53. The van der Waals surface area contributed by atoms with Crippen LogP contribution in [0.1, 0.15) is 23.8 Å². The number of aromatic nitrogens is 2. The third kappa shape index (κ3) is 3.29. The molecule has 3 rings (SSSR count). The van der Waals surface area contributed by atoms with Crippen molar-refractivity contribution < 1.29 is 9.53 Å². The number of amides is 1. The molecule has 1 aliphatic carbocycles. The minimum atomic E-state index is -0.220. The highest BCUT2D eigenvalue weighted by molar-refractivity contribution is 7.15. The van der Waals surface area contributed by atoms with Crippen LogP contribution >= 0.6 is 11.3 Å². The smallest absolute Gasteiger partial charge is 0.264 e. The van der Waals surface area contributed by atoms with Crippen LogP contribution in [-0.4, -0.2) is 22.7 Å². The van der Waals surface area contributed by atoms with Crippen molar-refractivity contribution in [3.8, 4) is 5.75 Å². The van der Waals surface area contributed by atoms with Crippen molar-refractivity contribution in [1.82, 2.24) is 10.2 Å². The molecule has 6 heteroatoms. The first-order valence-corrected chi connectivity index (χ1v) is 6.94. The summed E-state index contributed by atoms with van der Waals surface area (Å²) in [6.07, 6.45) is 2.36. The first-order valence-electron chi connectivity index (χ1n) is 6.12. The Kier molecular flexibility index (Phi) is 3.41. The van der Waals surface area contributed by atoms with Gasteiger partial charge in [0.25, 0.3) is 5.91 Å². The lowest BCUT2D eigenvalue weighted by Gasteiger charge is -2.04. The van der Waals surface area contributed by atoms with Gasteiger partial charge in [0.1, 0.15) is 10.8 Å². The van der Waals surface area contributed by atoms with Crippen LogP contribution in [0.3, 0.4) is 0 Å². The lowest BCUT2D eigenvalue weighted by atomic mass is 10.3. The predicted octanol–water partition coefficient (Wildman–Crippen LogP) is 2.43. The van der Waals surface area contributed by atoms with Gasteiger partial charge >= 0.3 is 0 Å². The number of hydrogen-bond acceptors (Lipinski definition) is 5. The van der Waals surface area contributed by atoms with Crippen LogP contribution in [0.5, 0.6) is 5.75 Å². The molecule has 0 spiro atoms. The normalized spacial score (nSPS) is 14.1. The number of nitrogens with one attached hydrogen (secondary N) is 1. The van der Waals surface area contributed by atoms with Crippen molar-refractivity contribution in [2.45, 2.75) is 18.8 Å². The summed E-state index contributed by atoms with van der Waals surface area (Å²) in [7, 11) is 0. The van der Waals surface area contributed by atoms with Gasteiger partial charge in [0, 0.05) is 5.92 Å². The molecule has 1 fully saturated rings. The van der Waals surface area contributed by atoms with Gasteiger partial charge in [-0.3, -0.25) is 10.1 Å². The summed E-state index contributed by atoms with van der Waals surface area (Å²) in [6, 6.07) is 9.24. The van der Waals surface area contributed by atoms with E-state index in [1.165, 1.54) is 24.2 Å². The van der Waals surface area contributed by atoms with Crippen molar-refractivity contribution >= 4 is 22.4 Å². The summed E-state index contributed by atoms with van der Waals surface area (Å²) in [6.45, 7) is -0.0254. The highest BCUT2D eigenvalue weighted by Gasteiger charge is 2.27. The molecule has 1 heterocycles. The van der Waals surface area contributed by atoms with E-state index in [9.17, 15) is 4.79 Å². The molecule has 0 unspecified atom stereocenters. The SMILES string of the molecule is O=C(COc1ccccc1)Nc1nnc(C2CC2)s1. The fourth-order valence-electron chi connectivity index (χ4n) is 1.60. The molecular formula is C13H13N3O2S. The minimum absolute atomic E-state index is 0.0254. The Balaban J connectivity index is 1.50. The maximum absolute atomic E-state index is 11.7. The number of carbonyl (C=O) groups is 1. The van der Waals surface area contributed by atoms with Crippen LogP contribution in [0, 0.1) is 0 Å². The quantitative estimate of drug-likeness (QED) is 0.910. The maximum atomic E-state index is 11.7. The molecule has 98 valence electrons. The van der Waals surface area contributed by atoms with Crippen molar-refractivity contribution in [1.29, 1.82) is 0 Å². The number of benzene rings is 1. The van der Waals surface area contributed by atoms with Gasteiger partial charge in [0.05, 0.1) is 0 Å². The largest absolute Gasteiger partial charge is 0.484 e. The third-order valence-corrected chi connectivity index (χ3v) is 3.73. The number of para-hydroxylation sites is 1. The summed E-state index contributed by atoms with van der Waals surface area (Å²) in [5.41, 5.74) is 0. The highest BCUT2D eigenvalue weighted by atomic mass is 32.1. The Hall–Kier alpha value is -1.95. The Labute approximate surface area is 114 Å². The van der Waals surface area contributed by atoms with Gasteiger partial charge in [0.15, 0.2) is 6.61 Å². The maximum Gasteiger partial charge on any atom is 0.264 e. The predicted molar refractivity (Wildman–Crippen MR) is 72.5 cm³/mol. The molecule has 1 aromatic carbocycles. The second-order valence-corrected chi connectivity index (χ2v) is 5.38. The van der Waals surface area contributed by atoms with Gasteiger partial charge < -0.3 is 4.74 Å². The average Bonchev–Trinajstić information content (AvgIpc) is 3.19. The molecule has 0 saturated heterocycles. The van der Waals surface area contributed by atoms with E-state index in [2.05, 4.69) is 15.5 Å². The Bertz CT molecular complexity index is 566. The van der Waals surface area contributed by atoms with Crippen LogP contribution in [0.2, 0.25) is 0 Å².